The highest BCUT2D eigenvalue weighted by molar-refractivity contribution is 5.97. The van der Waals surface area contributed by atoms with E-state index in [2.05, 4.69) is 30.0 Å². The van der Waals surface area contributed by atoms with Gasteiger partial charge in [0, 0.05) is 31.9 Å². The molecule has 0 saturated carbocycles. The maximum Gasteiger partial charge on any atom is 0.257 e. The minimum absolute atomic E-state index is 0.0137. The highest BCUT2D eigenvalue weighted by Gasteiger charge is 2.25. The highest BCUT2D eigenvalue weighted by Crippen LogP contribution is 2.26. The second kappa shape index (κ2) is 7.47. The number of carbonyl (C=O) groups is 1. The summed E-state index contributed by atoms with van der Waals surface area (Å²) in [5, 5.41) is 0. The first-order valence-corrected chi connectivity index (χ1v) is 8.46. The number of piperazine rings is 1. The van der Waals surface area contributed by atoms with Gasteiger partial charge in [-0.15, -0.1) is 0 Å². The zero-order valence-corrected chi connectivity index (χ0v) is 15.0. The van der Waals surface area contributed by atoms with Crippen LogP contribution in [-0.2, 0) is 0 Å². The van der Waals surface area contributed by atoms with Crippen LogP contribution in [0.4, 0.5) is 5.69 Å². The van der Waals surface area contributed by atoms with Gasteiger partial charge in [-0.05, 0) is 36.8 Å². The molecule has 0 bridgehead atoms. The van der Waals surface area contributed by atoms with E-state index in [0.717, 1.165) is 13.1 Å². The third-order valence-corrected chi connectivity index (χ3v) is 4.66. The van der Waals surface area contributed by atoms with Gasteiger partial charge in [0.15, 0.2) is 0 Å². The van der Waals surface area contributed by atoms with Crippen molar-refractivity contribution in [2.45, 2.75) is 6.92 Å². The first kappa shape index (κ1) is 17.1. The average molecular weight is 340 g/mol. The lowest BCUT2D eigenvalue weighted by Crippen LogP contribution is -2.49. The van der Waals surface area contributed by atoms with E-state index < -0.39 is 0 Å². The van der Waals surface area contributed by atoms with Crippen molar-refractivity contribution in [1.82, 2.24) is 4.90 Å². The summed E-state index contributed by atoms with van der Waals surface area (Å²) in [7, 11) is 3.17. The molecule has 5 nitrogen and oxygen atoms in total. The maximum absolute atomic E-state index is 12.9. The molecule has 1 aliphatic heterocycles. The number of benzene rings is 2. The van der Waals surface area contributed by atoms with Crippen LogP contribution < -0.4 is 14.4 Å². The molecule has 0 atom stereocenters. The first-order chi connectivity index (χ1) is 12.1. The SMILES string of the molecule is COc1ccc(OC)c(C(=O)N2CCN(c3ccccc3C)CC2)c1. The van der Waals surface area contributed by atoms with Crippen molar-refractivity contribution in [3.63, 3.8) is 0 Å². The topological polar surface area (TPSA) is 42.0 Å². The Balaban J connectivity index is 1.73. The number of para-hydroxylation sites is 1. The molecule has 5 heteroatoms. The van der Waals surface area contributed by atoms with Gasteiger partial charge >= 0.3 is 0 Å². The molecule has 2 aromatic carbocycles. The molecule has 0 aliphatic carbocycles. The van der Waals surface area contributed by atoms with Crippen molar-refractivity contribution < 1.29 is 14.3 Å². The van der Waals surface area contributed by atoms with Crippen LogP contribution in [0.1, 0.15) is 15.9 Å². The molecular formula is C20H24N2O3. The van der Waals surface area contributed by atoms with Gasteiger partial charge in [-0.25, -0.2) is 0 Å². The molecule has 0 N–H and O–H groups in total. The Morgan fingerprint density at radius 3 is 2.32 bits per heavy atom. The van der Waals surface area contributed by atoms with Gasteiger partial charge in [-0.1, -0.05) is 18.2 Å². The van der Waals surface area contributed by atoms with Crippen molar-refractivity contribution >= 4 is 11.6 Å². The third-order valence-electron chi connectivity index (χ3n) is 4.66. The normalized spacial score (nSPS) is 14.4. The van der Waals surface area contributed by atoms with E-state index in [1.54, 1.807) is 32.4 Å². The lowest BCUT2D eigenvalue weighted by molar-refractivity contribution is 0.0743. The molecule has 1 saturated heterocycles. The second-order valence-corrected chi connectivity index (χ2v) is 6.13. The maximum atomic E-state index is 12.9. The summed E-state index contributed by atoms with van der Waals surface area (Å²) in [6, 6.07) is 13.7. The van der Waals surface area contributed by atoms with Crippen LogP contribution >= 0.6 is 0 Å². The molecule has 0 aromatic heterocycles. The predicted molar refractivity (Wildman–Crippen MR) is 98.8 cm³/mol. The number of carbonyl (C=O) groups excluding carboxylic acids is 1. The van der Waals surface area contributed by atoms with Gasteiger partial charge in [0.1, 0.15) is 11.5 Å². The van der Waals surface area contributed by atoms with Crippen LogP contribution in [0.25, 0.3) is 0 Å². The zero-order chi connectivity index (χ0) is 17.8. The van der Waals surface area contributed by atoms with Crippen LogP contribution in [0, 0.1) is 6.92 Å². The standard InChI is InChI=1S/C20H24N2O3/c1-15-6-4-5-7-18(15)21-10-12-22(13-11-21)20(23)17-14-16(24-2)8-9-19(17)25-3/h4-9,14H,10-13H2,1-3H3. The molecule has 0 spiro atoms. The van der Waals surface area contributed by atoms with E-state index in [9.17, 15) is 4.79 Å². The second-order valence-electron chi connectivity index (χ2n) is 6.13. The van der Waals surface area contributed by atoms with Crippen molar-refractivity contribution in [3.05, 3.63) is 53.6 Å². The number of nitrogens with zero attached hydrogens (tertiary/aromatic N) is 2. The predicted octanol–water partition coefficient (Wildman–Crippen LogP) is 2.97. The van der Waals surface area contributed by atoms with Gasteiger partial charge in [0.05, 0.1) is 19.8 Å². The van der Waals surface area contributed by atoms with E-state index in [0.29, 0.717) is 30.2 Å². The van der Waals surface area contributed by atoms with Crippen molar-refractivity contribution in [1.29, 1.82) is 0 Å². The minimum Gasteiger partial charge on any atom is -0.497 e. The fourth-order valence-corrected chi connectivity index (χ4v) is 3.22. The molecule has 1 heterocycles. The molecule has 132 valence electrons. The monoisotopic (exact) mass is 340 g/mol. The lowest BCUT2D eigenvalue weighted by Gasteiger charge is -2.37. The van der Waals surface area contributed by atoms with Crippen molar-refractivity contribution in [2.24, 2.45) is 0 Å². The molecule has 0 unspecified atom stereocenters. The summed E-state index contributed by atoms with van der Waals surface area (Å²) in [6.07, 6.45) is 0. The number of hydrogen-bond acceptors (Lipinski definition) is 4. The van der Waals surface area contributed by atoms with Gasteiger partial charge < -0.3 is 19.3 Å². The number of aryl methyl sites for hydroxylation is 1. The smallest absolute Gasteiger partial charge is 0.257 e. The Hall–Kier alpha value is -2.69. The largest absolute Gasteiger partial charge is 0.497 e. The molecule has 1 amide bonds. The Kier molecular flexibility index (Phi) is 5.12. The van der Waals surface area contributed by atoms with E-state index >= 15 is 0 Å². The summed E-state index contributed by atoms with van der Waals surface area (Å²) in [6.45, 7) is 5.14. The number of rotatable bonds is 4. The third kappa shape index (κ3) is 3.55. The van der Waals surface area contributed by atoms with E-state index in [4.69, 9.17) is 9.47 Å². The van der Waals surface area contributed by atoms with Crippen LogP contribution in [-0.4, -0.2) is 51.2 Å². The lowest BCUT2D eigenvalue weighted by atomic mass is 10.1. The van der Waals surface area contributed by atoms with Gasteiger partial charge in [0.2, 0.25) is 0 Å². The molecule has 2 aromatic rings. The number of methoxy groups -OCH3 is 2. The van der Waals surface area contributed by atoms with Gasteiger partial charge in [0.25, 0.3) is 5.91 Å². The summed E-state index contributed by atoms with van der Waals surface area (Å²) in [5.41, 5.74) is 3.05. The molecule has 1 fully saturated rings. The van der Waals surface area contributed by atoms with Crippen LogP contribution in [0.2, 0.25) is 0 Å². The minimum atomic E-state index is -0.0137. The van der Waals surface area contributed by atoms with E-state index in [1.807, 2.05) is 11.0 Å². The van der Waals surface area contributed by atoms with Crippen LogP contribution in [0.3, 0.4) is 0 Å². The number of amides is 1. The summed E-state index contributed by atoms with van der Waals surface area (Å²) in [5.74, 6) is 1.22. The van der Waals surface area contributed by atoms with E-state index in [-0.39, 0.29) is 5.91 Å². The first-order valence-electron chi connectivity index (χ1n) is 8.46. The Morgan fingerprint density at radius 1 is 0.960 bits per heavy atom. The Morgan fingerprint density at radius 2 is 1.68 bits per heavy atom. The fourth-order valence-electron chi connectivity index (χ4n) is 3.22. The molecule has 3 rings (SSSR count). The molecule has 25 heavy (non-hydrogen) atoms. The number of ether oxygens (including phenoxy) is 2. The zero-order valence-electron chi connectivity index (χ0n) is 15.0. The molecular weight excluding hydrogens is 316 g/mol. The van der Waals surface area contributed by atoms with Crippen LogP contribution in [0.15, 0.2) is 42.5 Å². The Bertz CT molecular complexity index is 752. The van der Waals surface area contributed by atoms with Crippen LogP contribution in [0.5, 0.6) is 11.5 Å². The number of hydrogen-bond donors (Lipinski definition) is 0. The fraction of sp³-hybridized carbons (Fsp3) is 0.350. The highest BCUT2D eigenvalue weighted by atomic mass is 16.5. The molecule has 0 radical (unpaired) electrons. The number of anilines is 1. The summed E-state index contributed by atoms with van der Waals surface area (Å²) in [4.78, 5) is 17.1. The summed E-state index contributed by atoms with van der Waals surface area (Å²) < 4.78 is 10.6. The average Bonchev–Trinajstić information content (AvgIpc) is 2.67. The quantitative estimate of drug-likeness (QED) is 0.858. The summed E-state index contributed by atoms with van der Waals surface area (Å²) >= 11 is 0. The van der Waals surface area contributed by atoms with Gasteiger partial charge in [-0.3, -0.25) is 4.79 Å². The van der Waals surface area contributed by atoms with E-state index in [1.165, 1.54) is 11.3 Å². The van der Waals surface area contributed by atoms with Gasteiger partial charge in [-0.2, -0.15) is 0 Å². The Labute approximate surface area is 148 Å². The molecule has 1 aliphatic rings. The van der Waals surface area contributed by atoms with Crippen molar-refractivity contribution in [2.75, 3.05) is 45.3 Å². The van der Waals surface area contributed by atoms with Crippen molar-refractivity contribution in [3.8, 4) is 11.5 Å².